The Morgan fingerprint density at radius 3 is 2.25 bits per heavy atom. The molecule has 1 atom stereocenters. The van der Waals surface area contributed by atoms with E-state index >= 15 is 0 Å². The fraction of sp³-hybridized carbons (Fsp3) is 0.500. The maximum atomic E-state index is 11.2. The highest BCUT2D eigenvalue weighted by atomic mass is 16.4. The van der Waals surface area contributed by atoms with E-state index in [1.165, 1.54) is 0 Å². The summed E-state index contributed by atoms with van der Waals surface area (Å²) < 4.78 is 0. The molecule has 0 aromatic heterocycles. The molecule has 0 saturated heterocycles. The summed E-state index contributed by atoms with van der Waals surface area (Å²) in [6.07, 6.45) is 1.61. The number of rotatable bonds is 4. The van der Waals surface area contributed by atoms with Crippen LogP contribution in [0.25, 0.3) is 0 Å². The largest absolute Gasteiger partial charge is 0.481 e. The molecule has 0 amide bonds. The zero-order chi connectivity index (χ0) is 12.2. The number of carbonyl (C=O) groups is 1. The fourth-order valence-electron chi connectivity index (χ4n) is 1.70. The molecule has 0 spiro atoms. The van der Waals surface area contributed by atoms with Gasteiger partial charge in [0, 0.05) is 0 Å². The maximum Gasteiger partial charge on any atom is 0.310 e. The minimum atomic E-state index is -0.726. The van der Waals surface area contributed by atoms with Crippen LogP contribution in [0.4, 0.5) is 0 Å². The lowest BCUT2D eigenvalue weighted by Crippen LogP contribution is -2.15. The van der Waals surface area contributed by atoms with Crippen LogP contribution >= 0.6 is 0 Å². The van der Waals surface area contributed by atoms with Gasteiger partial charge in [0.1, 0.15) is 0 Å². The number of hydrogen-bond acceptors (Lipinski definition) is 1. The zero-order valence-electron chi connectivity index (χ0n) is 10.2. The predicted molar refractivity (Wildman–Crippen MR) is 65.5 cm³/mol. The molecule has 2 nitrogen and oxygen atoms in total. The molecule has 1 aromatic rings. The summed E-state index contributed by atoms with van der Waals surface area (Å²) in [5, 5.41) is 9.22. The number of carboxylic acids is 1. The summed E-state index contributed by atoms with van der Waals surface area (Å²) in [5.41, 5.74) is 1.09. The Labute approximate surface area is 97.3 Å². The van der Waals surface area contributed by atoms with Gasteiger partial charge in [0.15, 0.2) is 0 Å². The highest BCUT2D eigenvalue weighted by Gasteiger charge is 2.22. The molecule has 0 bridgehead atoms. The van der Waals surface area contributed by atoms with Crippen LogP contribution in [0.3, 0.4) is 0 Å². The Morgan fingerprint density at radius 1 is 1.25 bits per heavy atom. The van der Waals surface area contributed by atoms with Crippen LogP contribution in [0.5, 0.6) is 0 Å². The molecule has 16 heavy (non-hydrogen) atoms. The molecular formula is C14H20O2. The SMILES string of the molecule is CC(C)(C)CCC(C(=O)O)c1ccccc1. The first-order valence-corrected chi connectivity index (χ1v) is 5.68. The smallest absolute Gasteiger partial charge is 0.310 e. The van der Waals surface area contributed by atoms with E-state index in [0.717, 1.165) is 12.0 Å². The molecule has 0 fully saturated rings. The third-order valence-electron chi connectivity index (χ3n) is 2.68. The monoisotopic (exact) mass is 220 g/mol. The maximum absolute atomic E-state index is 11.2. The molecule has 0 heterocycles. The van der Waals surface area contributed by atoms with Crippen molar-refractivity contribution in [3.05, 3.63) is 35.9 Å². The Balaban J connectivity index is 2.74. The summed E-state index contributed by atoms with van der Waals surface area (Å²) in [5.74, 6) is -1.10. The second-order valence-electron chi connectivity index (χ2n) is 5.40. The van der Waals surface area contributed by atoms with Gasteiger partial charge in [0.25, 0.3) is 0 Å². The minimum Gasteiger partial charge on any atom is -0.481 e. The molecule has 0 aliphatic carbocycles. The van der Waals surface area contributed by atoms with Gasteiger partial charge in [-0.3, -0.25) is 4.79 Å². The van der Waals surface area contributed by atoms with Crippen molar-refractivity contribution in [2.45, 2.75) is 39.5 Å². The first-order chi connectivity index (χ1) is 7.40. The Morgan fingerprint density at radius 2 is 1.81 bits per heavy atom. The molecule has 2 heteroatoms. The van der Waals surface area contributed by atoms with E-state index in [1.807, 2.05) is 30.3 Å². The molecule has 1 rings (SSSR count). The van der Waals surface area contributed by atoms with Crippen LogP contribution < -0.4 is 0 Å². The predicted octanol–water partition coefficient (Wildman–Crippen LogP) is 3.68. The van der Waals surface area contributed by atoms with Crippen LogP contribution in [0.1, 0.15) is 45.1 Å². The lowest BCUT2D eigenvalue weighted by atomic mass is 9.84. The van der Waals surface area contributed by atoms with Crippen molar-refractivity contribution in [2.24, 2.45) is 5.41 Å². The first-order valence-electron chi connectivity index (χ1n) is 5.68. The van der Waals surface area contributed by atoms with Crippen molar-refractivity contribution in [3.8, 4) is 0 Å². The van der Waals surface area contributed by atoms with Gasteiger partial charge in [0.05, 0.1) is 5.92 Å². The number of hydrogen-bond donors (Lipinski definition) is 1. The van der Waals surface area contributed by atoms with Gasteiger partial charge >= 0.3 is 5.97 Å². The number of aliphatic carboxylic acids is 1. The van der Waals surface area contributed by atoms with Crippen LogP contribution in [0.2, 0.25) is 0 Å². The van der Waals surface area contributed by atoms with E-state index in [-0.39, 0.29) is 11.3 Å². The quantitative estimate of drug-likeness (QED) is 0.840. The molecule has 1 aromatic carbocycles. The Hall–Kier alpha value is -1.31. The molecule has 0 aliphatic heterocycles. The van der Waals surface area contributed by atoms with Crippen molar-refractivity contribution in [1.29, 1.82) is 0 Å². The van der Waals surface area contributed by atoms with Gasteiger partial charge in [-0.15, -0.1) is 0 Å². The molecule has 1 N–H and O–H groups in total. The van der Waals surface area contributed by atoms with E-state index in [1.54, 1.807) is 0 Å². The Bertz CT molecular complexity index is 336. The molecule has 0 radical (unpaired) electrons. The second-order valence-corrected chi connectivity index (χ2v) is 5.40. The van der Waals surface area contributed by atoms with Crippen LogP contribution in [0, 0.1) is 5.41 Å². The molecule has 0 saturated carbocycles. The van der Waals surface area contributed by atoms with E-state index in [4.69, 9.17) is 0 Å². The van der Waals surface area contributed by atoms with Crippen LogP contribution in [-0.4, -0.2) is 11.1 Å². The van der Waals surface area contributed by atoms with E-state index < -0.39 is 5.97 Å². The van der Waals surface area contributed by atoms with Crippen molar-refractivity contribution in [3.63, 3.8) is 0 Å². The topological polar surface area (TPSA) is 37.3 Å². The van der Waals surface area contributed by atoms with Crippen LogP contribution in [-0.2, 0) is 4.79 Å². The second kappa shape index (κ2) is 5.15. The summed E-state index contributed by atoms with van der Waals surface area (Å²) in [6, 6.07) is 9.47. The van der Waals surface area contributed by atoms with E-state index in [9.17, 15) is 9.90 Å². The van der Waals surface area contributed by atoms with Crippen molar-refractivity contribution >= 4 is 5.97 Å². The Kier molecular flexibility index (Phi) is 4.11. The van der Waals surface area contributed by atoms with Crippen LogP contribution in [0.15, 0.2) is 30.3 Å². The third kappa shape index (κ3) is 4.05. The van der Waals surface area contributed by atoms with Crippen molar-refractivity contribution < 1.29 is 9.90 Å². The molecule has 0 aliphatic rings. The molecule has 88 valence electrons. The first kappa shape index (κ1) is 12.8. The average Bonchev–Trinajstić information content (AvgIpc) is 2.17. The summed E-state index contributed by atoms with van der Waals surface area (Å²) in [7, 11) is 0. The zero-order valence-corrected chi connectivity index (χ0v) is 10.2. The standard InChI is InChI=1S/C14H20O2/c1-14(2,3)10-9-12(13(15)16)11-7-5-4-6-8-11/h4-8,12H,9-10H2,1-3H3,(H,15,16). The van der Waals surface area contributed by atoms with E-state index in [0.29, 0.717) is 6.42 Å². The highest BCUT2D eigenvalue weighted by Crippen LogP contribution is 2.28. The van der Waals surface area contributed by atoms with Crippen molar-refractivity contribution in [1.82, 2.24) is 0 Å². The van der Waals surface area contributed by atoms with Gasteiger partial charge in [-0.1, -0.05) is 51.1 Å². The summed E-state index contributed by atoms with van der Waals surface area (Å²) in [6.45, 7) is 6.41. The number of carboxylic acid groups (broad SMARTS) is 1. The van der Waals surface area contributed by atoms with Gasteiger partial charge in [-0.05, 0) is 23.8 Å². The highest BCUT2D eigenvalue weighted by molar-refractivity contribution is 5.75. The average molecular weight is 220 g/mol. The third-order valence-corrected chi connectivity index (χ3v) is 2.68. The van der Waals surface area contributed by atoms with Gasteiger partial charge < -0.3 is 5.11 Å². The van der Waals surface area contributed by atoms with Gasteiger partial charge in [-0.2, -0.15) is 0 Å². The number of benzene rings is 1. The lowest BCUT2D eigenvalue weighted by molar-refractivity contribution is -0.139. The molecular weight excluding hydrogens is 200 g/mol. The molecule has 1 unspecified atom stereocenters. The lowest BCUT2D eigenvalue weighted by Gasteiger charge is -2.21. The van der Waals surface area contributed by atoms with Gasteiger partial charge in [-0.25, -0.2) is 0 Å². The minimum absolute atomic E-state index is 0.183. The van der Waals surface area contributed by atoms with Crippen molar-refractivity contribution in [2.75, 3.05) is 0 Å². The summed E-state index contributed by atoms with van der Waals surface area (Å²) >= 11 is 0. The summed E-state index contributed by atoms with van der Waals surface area (Å²) in [4.78, 5) is 11.2. The van der Waals surface area contributed by atoms with E-state index in [2.05, 4.69) is 20.8 Å². The fourth-order valence-corrected chi connectivity index (χ4v) is 1.70. The normalized spacial score (nSPS) is 13.4. The van der Waals surface area contributed by atoms with Gasteiger partial charge in [0.2, 0.25) is 0 Å².